The molecule has 0 saturated carbocycles. The molecule has 0 radical (unpaired) electrons. The first kappa shape index (κ1) is 17.3. The van der Waals surface area contributed by atoms with Crippen molar-refractivity contribution in [3.05, 3.63) is 35.4 Å². The van der Waals surface area contributed by atoms with Gasteiger partial charge in [0.25, 0.3) is 0 Å². The molecule has 1 fully saturated rings. The molecule has 0 aliphatic carbocycles. The van der Waals surface area contributed by atoms with Gasteiger partial charge in [-0.15, -0.1) is 0 Å². The van der Waals surface area contributed by atoms with Gasteiger partial charge in [0.15, 0.2) is 17.7 Å². The summed E-state index contributed by atoms with van der Waals surface area (Å²) in [6, 6.07) is 2.59. The van der Waals surface area contributed by atoms with Crippen molar-refractivity contribution in [1.82, 2.24) is 5.32 Å². The molecular weight excluding hydrogens is 312 g/mol. The summed E-state index contributed by atoms with van der Waals surface area (Å²) in [4.78, 5) is 23.0. The largest absolute Gasteiger partial charge is 0.479 e. The number of carboxylic acid groups (broad SMARTS) is 1. The van der Waals surface area contributed by atoms with E-state index >= 15 is 0 Å². The molecule has 1 aliphatic rings. The number of carbonyl (C=O) groups is 2. The van der Waals surface area contributed by atoms with Crippen molar-refractivity contribution in [2.45, 2.75) is 31.1 Å². The molecule has 0 bridgehead atoms. The first-order valence-electron chi connectivity index (χ1n) is 7.05. The molecule has 1 amide bonds. The molecule has 1 saturated heterocycles. The fourth-order valence-electron chi connectivity index (χ4n) is 2.39. The molecule has 1 aromatic rings. The molecule has 126 valence electrons. The van der Waals surface area contributed by atoms with Crippen molar-refractivity contribution < 1.29 is 33.0 Å². The van der Waals surface area contributed by atoms with Crippen molar-refractivity contribution >= 4 is 11.9 Å². The lowest BCUT2D eigenvalue weighted by Gasteiger charge is -2.21. The number of amides is 1. The van der Waals surface area contributed by atoms with Gasteiger partial charge < -0.3 is 19.9 Å². The second-order valence-electron chi connectivity index (χ2n) is 5.22. The highest BCUT2D eigenvalue weighted by molar-refractivity contribution is 5.83. The average Bonchev–Trinajstić information content (AvgIpc) is 3.00. The fraction of sp³-hybridized carbons (Fsp3) is 0.467. The zero-order chi connectivity index (χ0) is 17.0. The Bertz CT molecular complexity index is 595. The van der Waals surface area contributed by atoms with E-state index in [1.165, 1.54) is 13.2 Å². The Morgan fingerprint density at radius 3 is 2.61 bits per heavy atom. The number of nitrogens with one attached hydrogen (secondary N) is 1. The molecular formula is C15H17F2NO5. The molecule has 1 unspecified atom stereocenters. The molecule has 0 spiro atoms. The molecule has 2 N–H and O–H groups in total. The highest BCUT2D eigenvalue weighted by Gasteiger charge is 2.35. The van der Waals surface area contributed by atoms with Gasteiger partial charge in [0.1, 0.15) is 6.10 Å². The van der Waals surface area contributed by atoms with E-state index in [2.05, 4.69) is 5.32 Å². The number of rotatable bonds is 6. The monoisotopic (exact) mass is 329 g/mol. The van der Waals surface area contributed by atoms with Gasteiger partial charge in [-0.3, -0.25) is 4.79 Å². The van der Waals surface area contributed by atoms with Crippen LogP contribution in [0, 0.1) is 11.6 Å². The van der Waals surface area contributed by atoms with Crippen LogP contribution in [0.2, 0.25) is 0 Å². The van der Waals surface area contributed by atoms with Crippen LogP contribution >= 0.6 is 0 Å². The second-order valence-corrected chi connectivity index (χ2v) is 5.22. The Morgan fingerprint density at radius 1 is 1.35 bits per heavy atom. The molecule has 3 atom stereocenters. The van der Waals surface area contributed by atoms with Gasteiger partial charge in [-0.25, -0.2) is 13.6 Å². The van der Waals surface area contributed by atoms with Crippen LogP contribution in [0.25, 0.3) is 0 Å². The van der Waals surface area contributed by atoms with Crippen molar-refractivity contribution in [2.24, 2.45) is 0 Å². The number of carbonyl (C=O) groups excluding carboxylic acids is 1. The van der Waals surface area contributed by atoms with Crippen LogP contribution in [-0.4, -0.2) is 42.9 Å². The van der Waals surface area contributed by atoms with E-state index in [-0.39, 0.29) is 19.4 Å². The van der Waals surface area contributed by atoms with Crippen LogP contribution in [0.3, 0.4) is 0 Å². The van der Waals surface area contributed by atoms with E-state index < -0.39 is 41.8 Å². The maximum Gasteiger partial charge on any atom is 0.332 e. The minimum atomic E-state index is -1.12. The van der Waals surface area contributed by atoms with Crippen LogP contribution in [0.4, 0.5) is 8.78 Å². The molecule has 2 rings (SSSR count). The van der Waals surface area contributed by atoms with Gasteiger partial charge in [0, 0.05) is 7.11 Å². The number of hydrogen-bond donors (Lipinski definition) is 2. The van der Waals surface area contributed by atoms with Gasteiger partial charge in [0.05, 0.1) is 12.6 Å². The predicted octanol–water partition coefficient (Wildman–Crippen LogP) is 1.40. The lowest BCUT2D eigenvalue weighted by Crippen LogP contribution is -2.39. The van der Waals surface area contributed by atoms with Gasteiger partial charge in [-0.1, -0.05) is 6.07 Å². The van der Waals surface area contributed by atoms with E-state index in [1.807, 2.05) is 0 Å². The predicted molar refractivity (Wildman–Crippen MR) is 74.6 cm³/mol. The summed E-state index contributed by atoms with van der Waals surface area (Å²) in [5.74, 6) is -3.64. The zero-order valence-electron chi connectivity index (χ0n) is 12.4. The van der Waals surface area contributed by atoms with Gasteiger partial charge in [-0.2, -0.15) is 0 Å². The van der Waals surface area contributed by atoms with Crippen molar-refractivity contribution in [3.8, 4) is 0 Å². The van der Waals surface area contributed by atoms with Crippen molar-refractivity contribution in [1.29, 1.82) is 0 Å². The van der Waals surface area contributed by atoms with Crippen LogP contribution < -0.4 is 5.32 Å². The first-order valence-corrected chi connectivity index (χ1v) is 7.05. The number of methoxy groups -OCH3 is 1. The smallest absolute Gasteiger partial charge is 0.332 e. The summed E-state index contributed by atoms with van der Waals surface area (Å²) in [5, 5.41) is 11.5. The Hall–Kier alpha value is -2.06. The van der Waals surface area contributed by atoms with Gasteiger partial charge in [0.2, 0.25) is 5.91 Å². The number of ether oxygens (including phenoxy) is 2. The Labute approximate surface area is 131 Å². The summed E-state index contributed by atoms with van der Waals surface area (Å²) >= 11 is 0. The molecule has 1 heterocycles. The van der Waals surface area contributed by atoms with Crippen molar-refractivity contribution in [3.63, 3.8) is 0 Å². The number of aliphatic carboxylic acids is 1. The van der Waals surface area contributed by atoms with Crippen LogP contribution in [0.15, 0.2) is 18.2 Å². The number of benzene rings is 1. The summed E-state index contributed by atoms with van der Waals surface area (Å²) in [6.07, 6.45) is -1.37. The zero-order valence-corrected chi connectivity index (χ0v) is 12.4. The van der Waals surface area contributed by atoms with E-state index in [9.17, 15) is 18.4 Å². The highest BCUT2D eigenvalue weighted by Crippen LogP contribution is 2.22. The Morgan fingerprint density at radius 2 is 2.04 bits per heavy atom. The molecule has 1 aliphatic heterocycles. The third-order valence-electron chi connectivity index (χ3n) is 3.58. The van der Waals surface area contributed by atoms with E-state index in [4.69, 9.17) is 14.6 Å². The molecule has 8 heteroatoms. The lowest BCUT2D eigenvalue weighted by molar-refractivity contribution is -0.152. The molecule has 0 aromatic heterocycles. The normalized spacial score (nSPS) is 21.9. The number of halogens is 2. The average molecular weight is 329 g/mol. The summed E-state index contributed by atoms with van der Waals surface area (Å²) in [7, 11) is 1.41. The van der Waals surface area contributed by atoms with Crippen LogP contribution in [0.1, 0.15) is 24.4 Å². The van der Waals surface area contributed by atoms with E-state index in [0.29, 0.717) is 5.56 Å². The summed E-state index contributed by atoms with van der Waals surface area (Å²) in [6.45, 7) is 0.0475. The SMILES string of the molecule is COCC(NC(=O)[C@@H]1CC[C@H](C(=O)O)O1)c1ccc(F)c(F)c1. The van der Waals surface area contributed by atoms with Crippen LogP contribution in [-0.2, 0) is 19.1 Å². The minimum absolute atomic E-state index is 0.0475. The Balaban J connectivity index is 2.05. The van der Waals surface area contributed by atoms with Gasteiger partial charge in [-0.05, 0) is 30.5 Å². The highest BCUT2D eigenvalue weighted by atomic mass is 19.2. The quantitative estimate of drug-likeness (QED) is 0.824. The van der Waals surface area contributed by atoms with Gasteiger partial charge >= 0.3 is 5.97 Å². The molecule has 23 heavy (non-hydrogen) atoms. The minimum Gasteiger partial charge on any atom is -0.479 e. The maximum absolute atomic E-state index is 13.3. The topological polar surface area (TPSA) is 84.9 Å². The summed E-state index contributed by atoms with van der Waals surface area (Å²) in [5.41, 5.74) is 0.340. The summed E-state index contributed by atoms with van der Waals surface area (Å²) < 4.78 is 36.5. The fourth-order valence-corrected chi connectivity index (χ4v) is 2.39. The number of carboxylic acids is 1. The third kappa shape index (κ3) is 4.23. The van der Waals surface area contributed by atoms with E-state index in [0.717, 1.165) is 12.1 Å². The molecule has 6 nitrogen and oxygen atoms in total. The third-order valence-corrected chi connectivity index (χ3v) is 3.58. The second kappa shape index (κ2) is 7.47. The van der Waals surface area contributed by atoms with Crippen LogP contribution in [0.5, 0.6) is 0 Å². The van der Waals surface area contributed by atoms with Crippen molar-refractivity contribution in [2.75, 3.05) is 13.7 Å². The Kier molecular flexibility index (Phi) is 5.62. The maximum atomic E-state index is 13.3. The lowest BCUT2D eigenvalue weighted by atomic mass is 10.1. The number of hydrogen-bond acceptors (Lipinski definition) is 4. The first-order chi connectivity index (χ1) is 10.9. The standard InChI is InChI=1S/C15H17F2NO5/c1-22-7-11(8-2-3-9(16)10(17)6-8)18-14(19)12-4-5-13(23-12)15(20)21/h2-3,6,11-13H,4-5,7H2,1H3,(H,18,19)(H,20,21)/t11?,12-,13+/m0/s1. The van der Waals surface area contributed by atoms with E-state index in [1.54, 1.807) is 0 Å². The molecule has 1 aromatic carbocycles.